The van der Waals surface area contributed by atoms with Gasteiger partial charge in [0.15, 0.2) is 5.11 Å². The number of thiocarbonyl (C=S) groups is 1. The number of hydrogen-bond acceptors (Lipinski definition) is 2. The Morgan fingerprint density at radius 2 is 1.52 bits per heavy atom. The van der Waals surface area contributed by atoms with Gasteiger partial charge in [-0.25, -0.2) is 4.39 Å². The van der Waals surface area contributed by atoms with Crippen LogP contribution in [0.1, 0.15) is 15.9 Å². The number of benzene rings is 3. The van der Waals surface area contributed by atoms with Crippen molar-refractivity contribution in [3.63, 3.8) is 0 Å². The molecule has 29 heavy (non-hydrogen) atoms. The molecule has 0 radical (unpaired) electrons. The Morgan fingerprint density at radius 1 is 0.897 bits per heavy atom. The van der Waals surface area contributed by atoms with Gasteiger partial charge in [-0.2, -0.15) is 0 Å². The van der Waals surface area contributed by atoms with Crippen molar-refractivity contribution in [2.24, 2.45) is 0 Å². The van der Waals surface area contributed by atoms with Crippen molar-refractivity contribution in [1.82, 2.24) is 5.32 Å². The maximum absolute atomic E-state index is 13.7. The van der Waals surface area contributed by atoms with Gasteiger partial charge in [-0.05, 0) is 66.7 Å². The molecule has 0 saturated heterocycles. The minimum atomic E-state index is -0.559. The van der Waals surface area contributed by atoms with E-state index in [9.17, 15) is 9.18 Å². The molecule has 1 amide bonds. The molecular formula is C22H19ClFN3OS. The molecule has 3 aromatic carbocycles. The standard InChI is InChI=1S/C22H19ClFN3OS/c23-19-7-3-1-5-15(19)13-14-25-22(29)27-17-11-9-16(10-12-17)26-21(28)18-6-2-4-8-20(18)24/h1-12H,13-14H2,(H,26,28)(H2,25,27,29). The van der Waals surface area contributed by atoms with Crippen LogP contribution in [0.3, 0.4) is 0 Å². The fourth-order valence-electron chi connectivity index (χ4n) is 2.67. The minimum absolute atomic E-state index is 0.00130. The molecule has 0 saturated carbocycles. The first-order valence-electron chi connectivity index (χ1n) is 8.97. The Kier molecular flexibility index (Phi) is 7.16. The number of anilines is 2. The van der Waals surface area contributed by atoms with Crippen LogP contribution in [-0.4, -0.2) is 17.6 Å². The van der Waals surface area contributed by atoms with Crippen LogP contribution >= 0.6 is 23.8 Å². The summed E-state index contributed by atoms with van der Waals surface area (Å²) in [7, 11) is 0. The Morgan fingerprint density at radius 3 is 2.21 bits per heavy atom. The normalized spacial score (nSPS) is 10.3. The number of carbonyl (C=O) groups is 1. The molecule has 0 aromatic heterocycles. The SMILES string of the molecule is O=C(Nc1ccc(NC(=S)NCCc2ccccc2Cl)cc1)c1ccccc1F. The van der Waals surface area contributed by atoms with Crippen LogP contribution in [0.25, 0.3) is 0 Å². The Labute approximate surface area is 179 Å². The monoisotopic (exact) mass is 427 g/mol. The quantitative estimate of drug-likeness (QED) is 0.469. The smallest absolute Gasteiger partial charge is 0.258 e. The third-order valence-corrected chi connectivity index (χ3v) is 4.77. The van der Waals surface area contributed by atoms with Gasteiger partial charge in [0.1, 0.15) is 5.82 Å². The summed E-state index contributed by atoms with van der Waals surface area (Å²) in [5.41, 5.74) is 2.38. The zero-order chi connectivity index (χ0) is 20.6. The number of carbonyl (C=O) groups excluding carboxylic acids is 1. The van der Waals surface area contributed by atoms with Crippen molar-refractivity contribution in [2.75, 3.05) is 17.2 Å². The molecule has 0 atom stereocenters. The molecule has 0 fully saturated rings. The molecule has 7 heteroatoms. The molecule has 3 aromatic rings. The van der Waals surface area contributed by atoms with E-state index in [-0.39, 0.29) is 5.56 Å². The minimum Gasteiger partial charge on any atom is -0.362 e. The van der Waals surface area contributed by atoms with Crippen LogP contribution in [0.5, 0.6) is 0 Å². The average molecular weight is 428 g/mol. The zero-order valence-electron chi connectivity index (χ0n) is 15.4. The summed E-state index contributed by atoms with van der Waals surface area (Å²) in [5.74, 6) is -1.06. The largest absolute Gasteiger partial charge is 0.362 e. The van der Waals surface area contributed by atoms with Gasteiger partial charge >= 0.3 is 0 Å². The van der Waals surface area contributed by atoms with Crippen LogP contribution < -0.4 is 16.0 Å². The number of hydrogen-bond donors (Lipinski definition) is 3. The van der Waals surface area contributed by atoms with Gasteiger partial charge in [-0.3, -0.25) is 4.79 Å². The average Bonchev–Trinajstić information content (AvgIpc) is 2.71. The fraction of sp³-hybridized carbons (Fsp3) is 0.0909. The second-order valence-electron chi connectivity index (χ2n) is 6.23. The van der Waals surface area contributed by atoms with E-state index in [1.165, 1.54) is 18.2 Å². The lowest BCUT2D eigenvalue weighted by atomic mass is 10.1. The molecule has 0 heterocycles. The Balaban J connectivity index is 1.48. The van der Waals surface area contributed by atoms with Crippen molar-refractivity contribution in [2.45, 2.75) is 6.42 Å². The highest BCUT2D eigenvalue weighted by molar-refractivity contribution is 7.80. The van der Waals surface area contributed by atoms with E-state index in [0.29, 0.717) is 17.3 Å². The lowest BCUT2D eigenvalue weighted by Gasteiger charge is -2.12. The van der Waals surface area contributed by atoms with Gasteiger partial charge in [-0.15, -0.1) is 0 Å². The molecular weight excluding hydrogens is 409 g/mol. The van der Waals surface area contributed by atoms with Gasteiger partial charge in [0, 0.05) is 22.9 Å². The molecule has 0 spiro atoms. The Hall–Kier alpha value is -2.96. The second-order valence-corrected chi connectivity index (χ2v) is 7.05. The van der Waals surface area contributed by atoms with Crippen LogP contribution in [-0.2, 0) is 6.42 Å². The van der Waals surface area contributed by atoms with Crippen LogP contribution in [0.2, 0.25) is 5.02 Å². The third kappa shape index (κ3) is 6.01. The summed E-state index contributed by atoms with van der Waals surface area (Å²) in [4.78, 5) is 12.1. The molecule has 3 rings (SSSR count). The summed E-state index contributed by atoms with van der Waals surface area (Å²) in [5, 5.41) is 10.1. The highest BCUT2D eigenvalue weighted by Crippen LogP contribution is 2.16. The zero-order valence-corrected chi connectivity index (χ0v) is 17.0. The van der Waals surface area contributed by atoms with Crippen molar-refractivity contribution >= 4 is 46.2 Å². The van der Waals surface area contributed by atoms with E-state index >= 15 is 0 Å². The van der Waals surface area contributed by atoms with E-state index in [0.717, 1.165) is 22.7 Å². The van der Waals surface area contributed by atoms with Gasteiger partial charge in [-0.1, -0.05) is 41.9 Å². The topological polar surface area (TPSA) is 53.2 Å². The molecule has 4 nitrogen and oxygen atoms in total. The molecule has 0 aliphatic heterocycles. The van der Waals surface area contributed by atoms with Crippen LogP contribution in [0, 0.1) is 5.82 Å². The molecule has 0 bridgehead atoms. The van der Waals surface area contributed by atoms with E-state index in [4.69, 9.17) is 23.8 Å². The van der Waals surface area contributed by atoms with Crippen molar-refractivity contribution in [3.05, 3.63) is 94.8 Å². The second kappa shape index (κ2) is 10.0. The first-order chi connectivity index (χ1) is 14.0. The van der Waals surface area contributed by atoms with Crippen molar-refractivity contribution < 1.29 is 9.18 Å². The summed E-state index contributed by atoms with van der Waals surface area (Å²) in [6.45, 7) is 0.645. The summed E-state index contributed by atoms with van der Waals surface area (Å²) < 4.78 is 13.7. The number of halogens is 2. The summed E-state index contributed by atoms with van der Waals surface area (Å²) in [6, 6.07) is 20.5. The van der Waals surface area contributed by atoms with Crippen LogP contribution in [0.15, 0.2) is 72.8 Å². The predicted molar refractivity (Wildman–Crippen MR) is 120 cm³/mol. The van der Waals surface area contributed by atoms with Gasteiger partial charge in [0.25, 0.3) is 5.91 Å². The van der Waals surface area contributed by atoms with E-state index in [1.807, 2.05) is 24.3 Å². The van der Waals surface area contributed by atoms with Crippen molar-refractivity contribution in [1.29, 1.82) is 0 Å². The highest BCUT2D eigenvalue weighted by Gasteiger charge is 2.10. The number of rotatable bonds is 6. The first-order valence-corrected chi connectivity index (χ1v) is 9.76. The van der Waals surface area contributed by atoms with Crippen LogP contribution in [0.4, 0.5) is 15.8 Å². The molecule has 0 unspecified atom stereocenters. The molecule has 148 valence electrons. The molecule has 0 aliphatic rings. The van der Waals surface area contributed by atoms with Gasteiger partial charge in [0.2, 0.25) is 0 Å². The Bertz CT molecular complexity index is 1010. The first kappa shape index (κ1) is 20.8. The van der Waals surface area contributed by atoms with E-state index in [2.05, 4.69) is 16.0 Å². The number of nitrogens with one attached hydrogen (secondary N) is 3. The van der Waals surface area contributed by atoms with E-state index in [1.54, 1.807) is 30.3 Å². The maximum atomic E-state index is 13.7. The van der Waals surface area contributed by atoms with Gasteiger partial charge in [0.05, 0.1) is 5.56 Å². The summed E-state index contributed by atoms with van der Waals surface area (Å²) in [6.07, 6.45) is 0.752. The molecule has 3 N–H and O–H groups in total. The highest BCUT2D eigenvalue weighted by atomic mass is 35.5. The fourth-order valence-corrected chi connectivity index (χ4v) is 3.12. The van der Waals surface area contributed by atoms with Crippen molar-refractivity contribution in [3.8, 4) is 0 Å². The lowest BCUT2D eigenvalue weighted by molar-refractivity contribution is 0.102. The third-order valence-electron chi connectivity index (χ3n) is 4.16. The molecule has 0 aliphatic carbocycles. The number of amides is 1. The maximum Gasteiger partial charge on any atom is 0.258 e. The van der Waals surface area contributed by atoms with E-state index < -0.39 is 11.7 Å². The predicted octanol–water partition coefficient (Wildman–Crippen LogP) is 5.26. The van der Waals surface area contributed by atoms with Gasteiger partial charge < -0.3 is 16.0 Å². The lowest BCUT2D eigenvalue weighted by Crippen LogP contribution is -2.30. The summed E-state index contributed by atoms with van der Waals surface area (Å²) >= 11 is 11.4.